The number of hydrogen-bond donors (Lipinski definition) is 1. The summed E-state index contributed by atoms with van der Waals surface area (Å²) in [4.78, 5) is 15.4. The summed E-state index contributed by atoms with van der Waals surface area (Å²) in [6.07, 6.45) is -1.14. The molecule has 4 nitrogen and oxygen atoms in total. The van der Waals surface area contributed by atoms with Crippen LogP contribution in [0.3, 0.4) is 0 Å². The van der Waals surface area contributed by atoms with Gasteiger partial charge in [0.2, 0.25) is 5.91 Å². The van der Waals surface area contributed by atoms with E-state index in [4.69, 9.17) is 0 Å². The van der Waals surface area contributed by atoms with Gasteiger partial charge < -0.3 is 9.88 Å². The fourth-order valence-electron chi connectivity index (χ4n) is 2.54. The Kier molecular flexibility index (Phi) is 5.12. The Morgan fingerprint density at radius 3 is 2.48 bits per heavy atom. The third-order valence-electron chi connectivity index (χ3n) is 3.77. The van der Waals surface area contributed by atoms with Gasteiger partial charge in [-0.3, -0.25) is 9.79 Å². The number of rotatable bonds is 4. The van der Waals surface area contributed by atoms with Crippen molar-refractivity contribution in [1.29, 1.82) is 0 Å². The van der Waals surface area contributed by atoms with E-state index in [2.05, 4.69) is 10.3 Å². The highest BCUT2D eigenvalue weighted by Crippen LogP contribution is 2.30. The molecule has 0 unspecified atom stereocenters. The quantitative estimate of drug-likeness (QED) is 0.629. The molecule has 1 heterocycles. The van der Waals surface area contributed by atoms with Crippen molar-refractivity contribution in [2.24, 2.45) is 4.99 Å². The number of hydrogen-bond acceptors (Lipinski definition) is 2. The summed E-state index contributed by atoms with van der Waals surface area (Å²) >= 11 is 0. The number of carbonyl (C=O) groups excluding carboxylic acids is 1. The molecule has 1 N–H and O–H groups in total. The van der Waals surface area contributed by atoms with E-state index in [1.54, 1.807) is 59.4 Å². The highest BCUT2D eigenvalue weighted by molar-refractivity contribution is 5.89. The predicted molar refractivity (Wildman–Crippen MR) is 98.8 cm³/mol. The van der Waals surface area contributed by atoms with Crippen molar-refractivity contribution < 1.29 is 18.0 Å². The maximum atomic E-state index is 12.9. The molecule has 0 aliphatic carbocycles. The number of anilines is 1. The highest BCUT2D eigenvalue weighted by atomic mass is 19.4. The Morgan fingerprint density at radius 2 is 1.81 bits per heavy atom. The second-order valence-electron chi connectivity index (χ2n) is 5.84. The molecule has 0 bridgehead atoms. The lowest BCUT2D eigenvalue weighted by atomic mass is 10.2. The number of amides is 1. The maximum Gasteiger partial charge on any atom is 0.416 e. The van der Waals surface area contributed by atoms with Gasteiger partial charge in [0.05, 0.1) is 23.2 Å². The molecule has 0 aliphatic heterocycles. The number of aliphatic imine (C=N–C) groups is 1. The molecule has 0 spiro atoms. The topological polar surface area (TPSA) is 46.4 Å². The summed E-state index contributed by atoms with van der Waals surface area (Å²) in [5.74, 6) is -0.162. The van der Waals surface area contributed by atoms with E-state index in [0.29, 0.717) is 22.8 Å². The summed E-state index contributed by atoms with van der Waals surface area (Å²) < 4.78 is 40.4. The average molecular weight is 371 g/mol. The molecular formula is C20H16F3N3O. The van der Waals surface area contributed by atoms with Crippen molar-refractivity contribution in [3.8, 4) is 5.69 Å². The van der Waals surface area contributed by atoms with E-state index in [0.717, 1.165) is 12.1 Å². The normalized spacial score (nSPS) is 11.7. The Bertz CT molecular complexity index is 973. The van der Waals surface area contributed by atoms with Crippen LogP contribution in [0, 0.1) is 0 Å². The number of nitrogens with zero attached hydrogens (tertiary/aromatic N) is 2. The highest BCUT2D eigenvalue weighted by Gasteiger charge is 2.30. The van der Waals surface area contributed by atoms with Crippen molar-refractivity contribution >= 4 is 23.5 Å². The smallest absolute Gasteiger partial charge is 0.326 e. The monoisotopic (exact) mass is 371 g/mol. The van der Waals surface area contributed by atoms with Crippen LogP contribution < -0.4 is 5.32 Å². The second-order valence-corrected chi connectivity index (χ2v) is 5.84. The molecule has 7 heteroatoms. The predicted octanol–water partition coefficient (Wildman–Crippen LogP) is 5.21. The SMILES string of the molecule is CC(=O)Nc1ccc(N=Cc2cccn2-c2cccc(C(F)(F)F)c2)cc1. The molecule has 0 radical (unpaired) electrons. The molecule has 1 aromatic heterocycles. The fraction of sp³-hybridized carbons (Fsp3) is 0.100. The van der Waals surface area contributed by atoms with Crippen LogP contribution in [0.25, 0.3) is 5.69 Å². The van der Waals surface area contributed by atoms with Crippen LogP contribution in [-0.2, 0) is 11.0 Å². The van der Waals surface area contributed by atoms with E-state index >= 15 is 0 Å². The summed E-state index contributed by atoms with van der Waals surface area (Å²) in [7, 11) is 0. The molecule has 1 amide bonds. The van der Waals surface area contributed by atoms with Gasteiger partial charge in [0.1, 0.15) is 0 Å². The van der Waals surface area contributed by atoms with Crippen LogP contribution in [0.15, 0.2) is 71.9 Å². The van der Waals surface area contributed by atoms with Gasteiger partial charge in [-0.2, -0.15) is 13.2 Å². The number of benzene rings is 2. The zero-order valence-electron chi connectivity index (χ0n) is 14.4. The Hall–Kier alpha value is -3.35. The largest absolute Gasteiger partial charge is 0.416 e. The number of nitrogens with one attached hydrogen (secondary N) is 1. The minimum absolute atomic E-state index is 0.162. The first-order valence-electron chi connectivity index (χ1n) is 8.10. The standard InChI is InChI=1S/C20H16F3N3O/c1-14(27)25-17-9-7-16(8-10-17)24-13-19-6-3-11-26(19)18-5-2-4-15(12-18)20(21,22)23/h2-13H,1H3,(H,25,27). The first-order chi connectivity index (χ1) is 12.8. The zero-order chi connectivity index (χ0) is 19.4. The van der Waals surface area contributed by atoms with Crippen molar-refractivity contribution in [1.82, 2.24) is 4.57 Å². The fourth-order valence-corrected chi connectivity index (χ4v) is 2.54. The van der Waals surface area contributed by atoms with Gasteiger partial charge in [-0.1, -0.05) is 6.07 Å². The van der Waals surface area contributed by atoms with Crippen molar-refractivity contribution in [2.45, 2.75) is 13.1 Å². The Morgan fingerprint density at radius 1 is 1.07 bits per heavy atom. The van der Waals surface area contributed by atoms with Crippen LogP contribution in [0.5, 0.6) is 0 Å². The Labute approximate surface area is 154 Å². The minimum atomic E-state index is -4.40. The molecule has 0 atom stereocenters. The van der Waals surface area contributed by atoms with Gasteiger partial charge in [-0.05, 0) is 54.6 Å². The molecule has 0 saturated heterocycles. The number of halogens is 3. The van der Waals surface area contributed by atoms with Crippen molar-refractivity contribution in [3.05, 3.63) is 78.1 Å². The lowest BCUT2D eigenvalue weighted by Gasteiger charge is -2.11. The van der Waals surface area contributed by atoms with Crippen molar-refractivity contribution in [2.75, 3.05) is 5.32 Å². The zero-order valence-corrected chi connectivity index (χ0v) is 14.4. The first kappa shape index (κ1) is 18.4. The molecule has 138 valence electrons. The van der Waals surface area contributed by atoms with E-state index in [1.165, 1.54) is 13.0 Å². The molecule has 0 fully saturated rings. The number of alkyl halides is 3. The minimum Gasteiger partial charge on any atom is -0.326 e. The number of carbonyl (C=O) groups is 1. The Balaban J connectivity index is 1.83. The van der Waals surface area contributed by atoms with Crippen LogP contribution in [0.4, 0.5) is 24.5 Å². The summed E-state index contributed by atoms with van der Waals surface area (Å²) in [5, 5.41) is 2.66. The van der Waals surface area contributed by atoms with Gasteiger partial charge in [0, 0.05) is 24.5 Å². The van der Waals surface area contributed by atoms with Crippen molar-refractivity contribution in [3.63, 3.8) is 0 Å². The lowest BCUT2D eigenvalue weighted by Crippen LogP contribution is -2.06. The van der Waals surface area contributed by atoms with E-state index in [9.17, 15) is 18.0 Å². The molecule has 3 aromatic rings. The molecule has 0 aliphatic rings. The van der Waals surface area contributed by atoms with Gasteiger partial charge in [0.15, 0.2) is 0 Å². The van der Waals surface area contributed by atoms with Crippen LogP contribution >= 0.6 is 0 Å². The van der Waals surface area contributed by atoms with Gasteiger partial charge in [-0.25, -0.2) is 0 Å². The van der Waals surface area contributed by atoms with Crippen LogP contribution in [0.2, 0.25) is 0 Å². The first-order valence-corrected chi connectivity index (χ1v) is 8.10. The maximum absolute atomic E-state index is 12.9. The second kappa shape index (κ2) is 7.49. The molecule has 27 heavy (non-hydrogen) atoms. The molecule has 0 saturated carbocycles. The molecule has 3 rings (SSSR count). The lowest BCUT2D eigenvalue weighted by molar-refractivity contribution is -0.137. The van der Waals surface area contributed by atoms with Gasteiger partial charge in [-0.15, -0.1) is 0 Å². The number of aromatic nitrogens is 1. The molecule has 2 aromatic carbocycles. The molecular weight excluding hydrogens is 355 g/mol. The van der Waals surface area contributed by atoms with Gasteiger partial charge in [0.25, 0.3) is 0 Å². The third kappa shape index (κ3) is 4.63. The van der Waals surface area contributed by atoms with Gasteiger partial charge >= 0.3 is 6.18 Å². The summed E-state index contributed by atoms with van der Waals surface area (Å²) in [6, 6.07) is 15.5. The third-order valence-corrected chi connectivity index (χ3v) is 3.77. The summed E-state index contributed by atoms with van der Waals surface area (Å²) in [5.41, 5.74) is 1.65. The van der Waals surface area contributed by atoms with Crippen LogP contribution in [0.1, 0.15) is 18.2 Å². The van der Waals surface area contributed by atoms with Crippen LogP contribution in [-0.4, -0.2) is 16.7 Å². The summed E-state index contributed by atoms with van der Waals surface area (Å²) in [6.45, 7) is 1.42. The van der Waals surface area contributed by atoms with E-state index in [-0.39, 0.29) is 5.91 Å². The van der Waals surface area contributed by atoms with E-state index < -0.39 is 11.7 Å². The van der Waals surface area contributed by atoms with E-state index in [1.807, 2.05) is 0 Å². The average Bonchev–Trinajstić information content (AvgIpc) is 3.09.